The molecule has 110 valence electrons. The summed E-state index contributed by atoms with van der Waals surface area (Å²) in [4.78, 5) is 8.91. The average molecular weight is 293 g/mol. The lowest BCUT2D eigenvalue weighted by atomic mass is 9.94. The van der Waals surface area contributed by atoms with Gasteiger partial charge in [-0.25, -0.2) is 9.97 Å². The van der Waals surface area contributed by atoms with Crippen LogP contribution in [0.5, 0.6) is 0 Å². The van der Waals surface area contributed by atoms with Gasteiger partial charge in [-0.3, -0.25) is 0 Å². The molecule has 0 bridgehead atoms. The molecule has 0 aliphatic rings. The maximum Gasteiger partial charge on any atom is 0.208 e. The summed E-state index contributed by atoms with van der Waals surface area (Å²) in [5.74, 6) is 1.65. The van der Waals surface area contributed by atoms with Crippen LogP contribution >= 0.6 is 11.3 Å². The lowest BCUT2D eigenvalue weighted by molar-refractivity contribution is 0.367. The molecule has 2 aromatic heterocycles. The smallest absolute Gasteiger partial charge is 0.208 e. The van der Waals surface area contributed by atoms with Crippen molar-refractivity contribution in [1.29, 1.82) is 0 Å². The molecule has 0 fully saturated rings. The SMILES string of the molecule is CCc1nc(C(C)NCc2ncc(C(C)(C)C)o2)cs1. The van der Waals surface area contributed by atoms with Crippen LogP contribution in [0, 0.1) is 0 Å². The first-order valence-corrected chi connectivity index (χ1v) is 7.91. The number of nitrogens with one attached hydrogen (secondary N) is 1. The summed E-state index contributed by atoms with van der Waals surface area (Å²) in [5, 5.41) is 6.70. The van der Waals surface area contributed by atoms with Crippen molar-refractivity contribution in [2.24, 2.45) is 0 Å². The number of rotatable bonds is 5. The fourth-order valence-corrected chi connectivity index (χ4v) is 2.61. The minimum absolute atomic E-state index is 0.00179. The zero-order valence-electron chi connectivity index (χ0n) is 12.9. The molecular formula is C15H23N3OS. The van der Waals surface area contributed by atoms with Gasteiger partial charge in [0.15, 0.2) is 0 Å². The highest BCUT2D eigenvalue weighted by Crippen LogP contribution is 2.23. The van der Waals surface area contributed by atoms with Gasteiger partial charge in [-0.15, -0.1) is 11.3 Å². The summed E-state index contributed by atoms with van der Waals surface area (Å²) >= 11 is 1.72. The first-order chi connectivity index (χ1) is 9.40. The Labute approximate surface area is 124 Å². The van der Waals surface area contributed by atoms with Crippen LogP contribution in [0.4, 0.5) is 0 Å². The van der Waals surface area contributed by atoms with Gasteiger partial charge in [0.25, 0.3) is 0 Å². The van der Waals surface area contributed by atoms with Crippen LogP contribution in [0.2, 0.25) is 0 Å². The van der Waals surface area contributed by atoms with Crippen molar-refractivity contribution in [1.82, 2.24) is 15.3 Å². The van der Waals surface area contributed by atoms with Crippen molar-refractivity contribution in [3.63, 3.8) is 0 Å². The minimum Gasteiger partial charge on any atom is -0.444 e. The van der Waals surface area contributed by atoms with Gasteiger partial charge < -0.3 is 9.73 Å². The molecule has 0 spiro atoms. The van der Waals surface area contributed by atoms with Crippen LogP contribution in [0.15, 0.2) is 16.0 Å². The van der Waals surface area contributed by atoms with Crippen molar-refractivity contribution in [2.45, 2.75) is 59.0 Å². The molecule has 0 aromatic carbocycles. The second-order valence-corrected chi connectivity index (χ2v) is 6.93. The number of aromatic nitrogens is 2. The highest BCUT2D eigenvalue weighted by molar-refractivity contribution is 7.09. The van der Waals surface area contributed by atoms with Crippen LogP contribution in [0.1, 0.15) is 63.0 Å². The van der Waals surface area contributed by atoms with Crippen molar-refractivity contribution in [3.05, 3.63) is 33.9 Å². The van der Waals surface area contributed by atoms with Crippen molar-refractivity contribution in [3.8, 4) is 0 Å². The van der Waals surface area contributed by atoms with E-state index >= 15 is 0 Å². The van der Waals surface area contributed by atoms with Gasteiger partial charge in [0.05, 0.1) is 23.4 Å². The summed E-state index contributed by atoms with van der Waals surface area (Å²) in [5.41, 5.74) is 1.09. The number of oxazole rings is 1. The number of hydrogen-bond donors (Lipinski definition) is 1. The standard InChI is InChI=1S/C15H23N3OS/c1-6-14-18-11(9-20-14)10(2)16-8-13-17-7-12(19-13)15(3,4)5/h7,9-10,16H,6,8H2,1-5H3. The quantitative estimate of drug-likeness (QED) is 0.910. The molecule has 1 N–H and O–H groups in total. The Bertz CT molecular complexity index is 553. The summed E-state index contributed by atoms with van der Waals surface area (Å²) in [6.07, 6.45) is 2.81. The Balaban J connectivity index is 1.93. The van der Waals surface area contributed by atoms with Crippen LogP contribution in [-0.2, 0) is 18.4 Å². The molecule has 5 heteroatoms. The number of aryl methyl sites for hydroxylation is 1. The van der Waals surface area contributed by atoms with Gasteiger partial charge in [-0.1, -0.05) is 27.7 Å². The van der Waals surface area contributed by atoms with E-state index in [0.29, 0.717) is 6.54 Å². The normalized spacial score (nSPS) is 13.7. The molecule has 4 nitrogen and oxygen atoms in total. The van der Waals surface area contributed by atoms with E-state index in [4.69, 9.17) is 4.42 Å². The third kappa shape index (κ3) is 3.67. The Morgan fingerprint density at radius 2 is 2.15 bits per heavy atom. The molecule has 0 aliphatic heterocycles. The Morgan fingerprint density at radius 1 is 1.40 bits per heavy atom. The molecule has 2 aromatic rings. The maximum absolute atomic E-state index is 5.77. The molecular weight excluding hydrogens is 270 g/mol. The van der Waals surface area contributed by atoms with Gasteiger partial charge in [-0.05, 0) is 13.3 Å². The van der Waals surface area contributed by atoms with Crippen molar-refractivity contribution < 1.29 is 4.42 Å². The molecule has 0 radical (unpaired) electrons. The Hall–Kier alpha value is -1.20. The van der Waals surface area contributed by atoms with E-state index in [-0.39, 0.29) is 11.5 Å². The number of nitrogens with zero attached hydrogens (tertiary/aromatic N) is 2. The first-order valence-electron chi connectivity index (χ1n) is 7.03. The fraction of sp³-hybridized carbons (Fsp3) is 0.600. The van der Waals surface area contributed by atoms with Gasteiger partial charge in [-0.2, -0.15) is 0 Å². The fourth-order valence-electron chi connectivity index (χ4n) is 1.77. The number of thiazole rings is 1. The molecule has 0 saturated heterocycles. The van der Waals surface area contributed by atoms with E-state index in [0.717, 1.165) is 23.8 Å². The van der Waals surface area contributed by atoms with E-state index in [9.17, 15) is 0 Å². The molecule has 2 heterocycles. The molecule has 1 atom stereocenters. The molecule has 0 aliphatic carbocycles. The monoisotopic (exact) mass is 293 g/mol. The lowest BCUT2D eigenvalue weighted by Gasteiger charge is -2.13. The van der Waals surface area contributed by atoms with E-state index in [2.05, 4.69) is 55.3 Å². The van der Waals surface area contributed by atoms with E-state index in [1.54, 1.807) is 11.3 Å². The van der Waals surface area contributed by atoms with Crippen molar-refractivity contribution >= 4 is 11.3 Å². The van der Waals surface area contributed by atoms with Gasteiger partial charge in [0, 0.05) is 16.8 Å². The maximum atomic E-state index is 5.77. The van der Waals surface area contributed by atoms with Gasteiger partial charge in [0.1, 0.15) is 5.76 Å². The lowest BCUT2D eigenvalue weighted by Crippen LogP contribution is -2.18. The minimum atomic E-state index is 0.00179. The number of hydrogen-bond acceptors (Lipinski definition) is 5. The third-order valence-electron chi connectivity index (χ3n) is 3.17. The first kappa shape index (κ1) is 15.2. The zero-order valence-corrected chi connectivity index (χ0v) is 13.7. The summed E-state index contributed by atoms with van der Waals surface area (Å²) in [6, 6.07) is 0.205. The Morgan fingerprint density at radius 3 is 2.70 bits per heavy atom. The molecule has 1 unspecified atom stereocenters. The summed E-state index contributed by atoms with van der Waals surface area (Å²) in [7, 11) is 0. The topological polar surface area (TPSA) is 51.0 Å². The third-order valence-corrected chi connectivity index (χ3v) is 4.18. The van der Waals surface area contributed by atoms with Gasteiger partial charge in [0.2, 0.25) is 5.89 Å². The van der Waals surface area contributed by atoms with Gasteiger partial charge >= 0.3 is 0 Å². The molecule has 20 heavy (non-hydrogen) atoms. The molecule has 0 amide bonds. The highest BCUT2D eigenvalue weighted by Gasteiger charge is 2.19. The summed E-state index contributed by atoms with van der Waals surface area (Å²) in [6.45, 7) is 11.2. The second-order valence-electron chi connectivity index (χ2n) is 5.99. The Kier molecular flexibility index (Phi) is 4.60. The van der Waals surface area contributed by atoms with Crippen LogP contribution in [0.25, 0.3) is 0 Å². The molecule has 0 saturated carbocycles. The van der Waals surface area contributed by atoms with E-state index in [1.165, 1.54) is 5.01 Å². The zero-order chi connectivity index (χ0) is 14.8. The summed E-state index contributed by atoms with van der Waals surface area (Å²) < 4.78 is 5.77. The average Bonchev–Trinajstić information content (AvgIpc) is 3.04. The second kappa shape index (κ2) is 6.06. The predicted molar refractivity (Wildman–Crippen MR) is 81.9 cm³/mol. The van der Waals surface area contributed by atoms with Crippen LogP contribution in [-0.4, -0.2) is 9.97 Å². The van der Waals surface area contributed by atoms with E-state index in [1.807, 2.05) is 6.20 Å². The van der Waals surface area contributed by atoms with Crippen LogP contribution in [0.3, 0.4) is 0 Å². The highest BCUT2D eigenvalue weighted by atomic mass is 32.1. The predicted octanol–water partition coefficient (Wildman–Crippen LogP) is 3.84. The molecule has 2 rings (SSSR count). The largest absolute Gasteiger partial charge is 0.444 e. The van der Waals surface area contributed by atoms with Crippen molar-refractivity contribution in [2.75, 3.05) is 0 Å². The van der Waals surface area contributed by atoms with E-state index < -0.39 is 0 Å². The van der Waals surface area contributed by atoms with Crippen LogP contribution < -0.4 is 5.32 Å².